The predicted molar refractivity (Wildman–Crippen MR) is 472 cm³/mol. The lowest BCUT2D eigenvalue weighted by Gasteiger charge is -2.21. The van der Waals surface area contributed by atoms with Gasteiger partial charge in [0.15, 0.2) is 12.2 Å². The van der Waals surface area contributed by atoms with Gasteiger partial charge in [-0.15, -0.1) is 0 Å². The number of rotatable bonds is 77. The normalized spacial score (nSPS) is 14.9. The van der Waals surface area contributed by atoms with E-state index in [-0.39, 0.29) is 25.7 Å². The third-order valence-corrected chi connectivity index (χ3v) is 18.5. The summed E-state index contributed by atoms with van der Waals surface area (Å²) < 4.78 is 68.7. The van der Waals surface area contributed by atoms with Gasteiger partial charge in [0, 0.05) is 25.7 Å². The molecular weight excluding hydrogens is 1470 g/mol. The molecule has 0 fully saturated rings. The molecule has 114 heavy (non-hydrogen) atoms. The number of phosphoric acid groups is 2. The monoisotopic (exact) mass is 1620 g/mol. The SMILES string of the molecule is CC/C=C\C/C=C\C/C=C\C/C=C\C/C=C\CCCCCC(=O)OC[C@H](COP(=O)(O)OC[C@@H](O)COP(=O)(O)OC[C@@H](COC(=O)CCC/C=C\C/C=C\C/C=C\C/C=C\CCCCC)OC(=O)CCCCC/C=C\C/C=C\C/C=C\C/C=C\C/C=C\CC)OC(=O)CCCCC/C=C\C/C=C\C/C=C\C/C=C\C/C=C\CC. The van der Waals surface area contributed by atoms with Crippen molar-refractivity contribution in [3.63, 3.8) is 0 Å². The summed E-state index contributed by atoms with van der Waals surface area (Å²) in [5.74, 6) is -2.38. The molecule has 0 saturated heterocycles. The number of carbonyl (C=O) groups is 4. The van der Waals surface area contributed by atoms with Crippen molar-refractivity contribution < 1.29 is 80.2 Å². The van der Waals surface area contributed by atoms with Gasteiger partial charge in [-0.3, -0.25) is 37.3 Å². The van der Waals surface area contributed by atoms with E-state index in [0.717, 1.165) is 180 Å². The van der Waals surface area contributed by atoms with Gasteiger partial charge in [-0.1, -0.05) is 291 Å². The van der Waals surface area contributed by atoms with Gasteiger partial charge in [0.25, 0.3) is 0 Å². The molecule has 3 N–H and O–H groups in total. The van der Waals surface area contributed by atoms with Gasteiger partial charge in [0.05, 0.1) is 26.4 Å². The zero-order valence-electron chi connectivity index (χ0n) is 70.1. The highest BCUT2D eigenvalue weighted by atomic mass is 31.2. The van der Waals surface area contributed by atoms with Crippen molar-refractivity contribution in [3.05, 3.63) is 231 Å². The third kappa shape index (κ3) is 83.1. The van der Waals surface area contributed by atoms with Gasteiger partial charge in [-0.25, -0.2) is 9.13 Å². The number of phosphoric ester groups is 2. The Balaban J connectivity index is 5.58. The Morgan fingerprint density at radius 1 is 0.254 bits per heavy atom. The van der Waals surface area contributed by atoms with Crippen LogP contribution in [0.2, 0.25) is 0 Å². The highest BCUT2D eigenvalue weighted by Crippen LogP contribution is 2.45. The third-order valence-electron chi connectivity index (χ3n) is 16.6. The Morgan fingerprint density at radius 2 is 0.465 bits per heavy atom. The summed E-state index contributed by atoms with van der Waals surface area (Å²) in [7, 11) is -10.0. The summed E-state index contributed by atoms with van der Waals surface area (Å²) in [4.78, 5) is 73.3. The molecule has 19 heteroatoms. The van der Waals surface area contributed by atoms with E-state index < -0.39 is 97.5 Å². The van der Waals surface area contributed by atoms with Crippen molar-refractivity contribution in [2.45, 2.75) is 303 Å². The number of ether oxygens (including phenoxy) is 4. The molecular formula is C95H148O17P2. The van der Waals surface area contributed by atoms with Crippen LogP contribution in [0.25, 0.3) is 0 Å². The molecule has 0 aliphatic carbocycles. The molecule has 0 aromatic heterocycles. The smallest absolute Gasteiger partial charge is 0.462 e. The fraction of sp³-hybridized carbons (Fsp3) is 0.558. The molecule has 0 rings (SSSR count). The second-order valence-electron chi connectivity index (χ2n) is 27.3. The molecule has 0 aromatic rings. The number of allylic oxidation sites excluding steroid dienone is 38. The molecule has 17 nitrogen and oxygen atoms in total. The second-order valence-corrected chi connectivity index (χ2v) is 30.2. The Bertz CT molecular complexity index is 3070. The fourth-order valence-electron chi connectivity index (χ4n) is 10.2. The highest BCUT2D eigenvalue weighted by Gasteiger charge is 2.30. The van der Waals surface area contributed by atoms with E-state index in [4.69, 9.17) is 37.0 Å². The maximum absolute atomic E-state index is 13.2. The molecule has 0 spiro atoms. The molecule has 5 atom stereocenters. The van der Waals surface area contributed by atoms with Gasteiger partial charge < -0.3 is 33.8 Å². The summed E-state index contributed by atoms with van der Waals surface area (Å²) in [6.07, 6.45) is 109. The summed E-state index contributed by atoms with van der Waals surface area (Å²) in [6.45, 7) is 4.30. The van der Waals surface area contributed by atoms with Crippen LogP contribution in [0, 0.1) is 0 Å². The summed E-state index contributed by atoms with van der Waals surface area (Å²) >= 11 is 0. The Hall–Kier alpha value is -6.88. The second kappa shape index (κ2) is 84.0. The lowest BCUT2D eigenvalue weighted by molar-refractivity contribution is -0.161. The fourth-order valence-corrected chi connectivity index (χ4v) is 11.8. The molecule has 2 unspecified atom stereocenters. The van der Waals surface area contributed by atoms with Crippen LogP contribution in [-0.2, 0) is 65.4 Å². The first-order valence-corrected chi connectivity index (χ1v) is 45.6. The Kier molecular flexibility index (Phi) is 79.0. The minimum atomic E-state index is -5.02. The number of unbranched alkanes of at least 4 members (excludes halogenated alkanes) is 13. The number of esters is 4. The van der Waals surface area contributed by atoms with E-state index in [1.54, 1.807) is 0 Å². The summed E-state index contributed by atoms with van der Waals surface area (Å²) in [5, 5.41) is 10.7. The zero-order chi connectivity index (χ0) is 83.1. The van der Waals surface area contributed by atoms with Crippen molar-refractivity contribution in [2.75, 3.05) is 39.6 Å². The summed E-state index contributed by atoms with van der Waals surface area (Å²) in [6, 6.07) is 0. The van der Waals surface area contributed by atoms with Gasteiger partial charge in [-0.05, 0) is 199 Å². The number of hydrogen-bond donors (Lipinski definition) is 3. The number of hydrogen-bond acceptors (Lipinski definition) is 15. The van der Waals surface area contributed by atoms with Crippen LogP contribution in [0.5, 0.6) is 0 Å². The average Bonchev–Trinajstić information content (AvgIpc) is 0.899. The van der Waals surface area contributed by atoms with Gasteiger partial charge >= 0.3 is 39.5 Å². The lowest BCUT2D eigenvalue weighted by atomic mass is 10.1. The average molecular weight is 1620 g/mol. The number of aliphatic hydroxyl groups excluding tert-OH is 1. The number of carbonyl (C=O) groups excluding carboxylic acids is 4. The molecule has 0 amide bonds. The number of aliphatic hydroxyl groups is 1. The minimum Gasteiger partial charge on any atom is -0.462 e. The van der Waals surface area contributed by atoms with Crippen molar-refractivity contribution in [1.29, 1.82) is 0 Å². The van der Waals surface area contributed by atoms with Crippen molar-refractivity contribution in [2.24, 2.45) is 0 Å². The first-order chi connectivity index (χ1) is 55.7. The highest BCUT2D eigenvalue weighted by molar-refractivity contribution is 7.47. The van der Waals surface area contributed by atoms with Crippen LogP contribution in [0.1, 0.15) is 285 Å². The predicted octanol–water partition coefficient (Wildman–Crippen LogP) is 25.8. The van der Waals surface area contributed by atoms with Crippen molar-refractivity contribution >= 4 is 39.5 Å². The first-order valence-electron chi connectivity index (χ1n) is 42.6. The maximum atomic E-state index is 13.2. The van der Waals surface area contributed by atoms with Gasteiger partial charge in [0.2, 0.25) is 0 Å². The zero-order valence-corrected chi connectivity index (χ0v) is 71.9. The van der Waals surface area contributed by atoms with Crippen LogP contribution in [-0.4, -0.2) is 96.7 Å². The van der Waals surface area contributed by atoms with Crippen LogP contribution in [0.15, 0.2) is 231 Å². The van der Waals surface area contributed by atoms with Crippen LogP contribution in [0.4, 0.5) is 0 Å². The molecule has 0 aromatic carbocycles. The topological polar surface area (TPSA) is 237 Å². The largest absolute Gasteiger partial charge is 0.472 e. The molecule has 0 heterocycles. The molecule has 0 aliphatic heterocycles. The molecule has 0 aliphatic rings. The van der Waals surface area contributed by atoms with Crippen molar-refractivity contribution in [3.8, 4) is 0 Å². The summed E-state index contributed by atoms with van der Waals surface area (Å²) in [5.41, 5.74) is 0. The van der Waals surface area contributed by atoms with Crippen molar-refractivity contribution in [1.82, 2.24) is 0 Å². The van der Waals surface area contributed by atoms with E-state index >= 15 is 0 Å². The molecule has 640 valence electrons. The van der Waals surface area contributed by atoms with Gasteiger partial charge in [-0.2, -0.15) is 0 Å². The van der Waals surface area contributed by atoms with Crippen LogP contribution in [0.3, 0.4) is 0 Å². The maximum Gasteiger partial charge on any atom is 0.472 e. The van der Waals surface area contributed by atoms with Crippen LogP contribution < -0.4 is 0 Å². The first kappa shape index (κ1) is 107. The Morgan fingerprint density at radius 3 is 0.719 bits per heavy atom. The van der Waals surface area contributed by atoms with E-state index in [1.807, 2.05) is 12.2 Å². The van der Waals surface area contributed by atoms with Gasteiger partial charge in [0.1, 0.15) is 19.3 Å². The van der Waals surface area contributed by atoms with E-state index in [1.165, 1.54) is 19.3 Å². The molecule has 0 radical (unpaired) electrons. The molecule has 0 bridgehead atoms. The van der Waals surface area contributed by atoms with E-state index in [2.05, 4.69) is 246 Å². The minimum absolute atomic E-state index is 0.0323. The van der Waals surface area contributed by atoms with E-state index in [0.29, 0.717) is 32.1 Å². The van der Waals surface area contributed by atoms with E-state index in [9.17, 15) is 43.2 Å². The Labute approximate surface area is 689 Å². The standard InChI is InChI=1S/C95H148O17P2/c1-5-9-13-17-21-25-29-33-37-41-44-48-52-56-60-64-68-72-76-80-93(98)106-86-91(112-95(100)82-78-74-70-66-62-58-54-50-46-43-39-35-31-27-23-19-15-11-7-3)88-110-114(103,104)108-84-89(96)83-107-113(101,102)109-87-90(85-105-92(97)79-75-71-67-63-59-55-51-47-40-36-32-28-24-20-16-12-8-4)111-94(99)81-77-73-69-65-61-57-53-49-45-42-38-34-30-26-22-18-14-10-6-2/h9-11,13-15,21-28,33-40,44-46,48-51,55-58,60-63,67,89-91,96H,5-8,12,16-20,29-32,41-43,47,52-54,59,64-66,68-88H2,1-4H3,(H,101,102)(H,103,104)/b13-9-,14-10-,15-11-,25-21-,26-22-,27-23-,28-24-,37-33-,38-34-,39-35-,40-36-,48-44-,49-45-,50-46-,55-51-,60-56-,61-57-,62-58-,67-63-/t89-,90+,91+/m0/s1. The quantitative estimate of drug-likeness (QED) is 0.0169. The molecule has 0 saturated carbocycles. The lowest BCUT2D eigenvalue weighted by Crippen LogP contribution is -2.30. The van der Waals surface area contributed by atoms with Crippen LogP contribution >= 0.6 is 15.6 Å².